The van der Waals surface area contributed by atoms with Crippen molar-refractivity contribution in [2.75, 3.05) is 11.9 Å². The standard InChI is InChI=1S/C24H20N4O2S/c1-4-10-30-17-7-5-6-16(12-17)18-13-21(29)26-23-22(18)15(3)27-28(23)24-25-19-9-8-14(2)11-20(19)31-24/h1,5-9,11-12,18H,10,13H2,2-3H3,(H,26,29)/t18-/m1/s1. The predicted octanol–water partition coefficient (Wildman–Crippen LogP) is 4.58. The molecular weight excluding hydrogens is 408 g/mol. The third kappa shape index (κ3) is 3.45. The highest BCUT2D eigenvalue weighted by Gasteiger charge is 2.33. The van der Waals surface area contributed by atoms with Crippen LogP contribution in [0.5, 0.6) is 5.75 Å². The molecule has 154 valence electrons. The summed E-state index contributed by atoms with van der Waals surface area (Å²) in [6.07, 6.45) is 5.65. The van der Waals surface area contributed by atoms with E-state index in [0.29, 0.717) is 18.0 Å². The monoisotopic (exact) mass is 428 g/mol. The van der Waals surface area contributed by atoms with Crippen LogP contribution >= 0.6 is 11.3 Å². The molecule has 0 spiro atoms. The third-order valence-electron chi connectivity index (χ3n) is 5.40. The molecule has 0 saturated heterocycles. The Balaban J connectivity index is 1.60. The molecule has 0 unspecified atom stereocenters. The molecule has 3 heterocycles. The van der Waals surface area contributed by atoms with Gasteiger partial charge in [-0.3, -0.25) is 4.79 Å². The molecule has 6 nitrogen and oxygen atoms in total. The lowest BCUT2D eigenvalue weighted by molar-refractivity contribution is -0.116. The Kier molecular flexibility index (Phi) is 4.72. The summed E-state index contributed by atoms with van der Waals surface area (Å²) in [4.78, 5) is 17.4. The van der Waals surface area contributed by atoms with E-state index in [0.717, 1.165) is 32.2 Å². The lowest BCUT2D eigenvalue weighted by atomic mass is 9.86. The van der Waals surface area contributed by atoms with Crippen LogP contribution in [0.1, 0.15) is 34.7 Å². The number of fused-ring (bicyclic) bond motifs is 2. The number of nitrogens with zero attached hydrogens (tertiary/aromatic N) is 3. The molecule has 1 atom stereocenters. The van der Waals surface area contributed by atoms with Gasteiger partial charge >= 0.3 is 0 Å². The number of aromatic nitrogens is 3. The molecule has 0 radical (unpaired) electrons. The molecule has 0 fully saturated rings. The number of anilines is 1. The topological polar surface area (TPSA) is 69.0 Å². The van der Waals surface area contributed by atoms with Gasteiger partial charge in [0.05, 0.1) is 15.9 Å². The summed E-state index contributed by atoms with van der Waals surface area (Å²) in [5.41, 5.74) is 4.97. The number of amides is 1. The Labute approximate surface area is 183 Å². The minimum Gasteiger partial charge on any atom is -0.481 e. The van der Waals surface area contributed by atoms with Crippen LogP contribution < -0.4 is 10.1 Å². The summed E-state index contributed by atoms with van der Waals surface area (Å²) in [5.74, 6) is 3.68. The summed E-state index contributed by atoms with van der Waals surface area (Å²) in [6.45, 7) is 4.23. The van der Waals surface area contributed by atoms with Crippen molar-refractivity contribution in [3.05, 3.63) is 64.8 Å². The Morgan fingerprint density at radius 1 is 1.29 bits per heavy atom. The highest BCUT2D eigenvalue weighted by atomic mass is 32.1. The Morgan fingerprint density at radius 2 is 2.16 bits per heavy atom. The normalized spacial score (nSPS) is 15.4. The van der Waals surface area contributed by atoms with Crippen LogP contribution in [0.4, 0.5) is 5.82 Å². The van der Waals surface area contributed by atoms with Crippen LogP contribution in [0.25, 0.3) is 15.3 Å². The number of ether oxygens (including phenoxy) is 1. The fraction of sp³-hybridized carbons (Fsp3) is 0.208. The van der Waals surface area contributed by atoms with E-state index in [4.69, 9.17) is 21.2 Å². The molecule has 31 heavy (non-hydrogen) atoms. The maximum absolute atomic E-state index is 12.6. The molecule has 0 aliphatic carbocycles. The average molecular weight is 429 g/mol. The first kappa shape index (κ1) is 19.3. The number of hydrogen-bond acceptors (Lipinski definition) is 5. The number of benzene rings is 2. The second-order valence-electron chi connectivity index (χ2n) is 7.60. The van der Waals surface area contributed by atoms with Gasteiger partial charge in [0.1, 0.15) is 18.2 Å². The van der Waals surface area contributed by atoms with E-state index in [1.807, 2.05) is 43.3 Å². The van der Waals surface area contributed by atoms with E-state index < -0.39 is 0 Å². The first-order valence-electron chi connectivity index (χ1n) is 9.96. The molecule has 1 aliphatic heterocycles. The Hall–Kier alpha value is -3.63. The zero-order valence-electron chi connectivity index (χ0n) is 17.2. The molecule has 1 amide bonds. The summed E-state index contributed by atoms with van der Waals surface area (Å²) in [7, 11) is 0. The van der Waals surface area contributed by atoms with E-state index in [9.17, 15) is 4.79 Å². The van der Waals surface area contributed by atoms with Crippen molar-refractivity contribution in [2.24, 2.45) is 0 Å². The largest absolute Gasteiger partial charge is 0.481 e. The zero-order valence-corrected chi connectivity index (χ0v) is 18.0. The van der Waals surface area contributed by atoms with Gasteiger partial charge in [-0.05, 0) is 49.2 Å². The van der Waals surface area contributed by atoms with Gasteiger partial charge in [-0.15, -0.1) is 6.42 Å². The Bertz CT molecular complexity index is 1360. The molecule has 2 aromatic heterocycles. The lowest BCUT2D eigenvalue weighted by Crippen LogP contribution is -2.25. The van der Waals surface area contributed by atoms with Gasteiger partial charge in [0.25, 0.3) is 0 Å². The molecule has 7 heteroatoms. The molecule has 1 aliphatic rings. The third-order valence-corrected chi connectivity index (χ3v) is 6.39. The van der Waals surface area contributed by atoms with Gasteiger partial charge in [-0.1, -0.05) is 35.5 Å². The smallest absolute Gasteiger partial charge is 0.226 e. The van der Waals surface area contributed by atoms with Crippen molar-refractivity contribution in [3.8, 4) is 23.2 Å². The average Bonchev–Trinajstić information content (AvgIpc) is 3.32. The van der Waals surface area contributed by atoms with E-state index in [1.165, 1.54) is 5.56 Å². The summed E-state index contributed by atoms with van der Waals surface area (Å²) in [5, 5.41) is 8.51. The maximum atomic E-state index is 12.6. The number of hydrogen-bond donors (Lipinski definition) is 1. The van der Waals surface area contributed by atoms with Crippen molar-refractivity contribution >= 4 is 33.3 Å². The molecule has 2 aromatic carbocycles. The fourth-order valence-corrected chi connectivity index (χ4v) is 5.05. The van der Waals surface area contributed by atoms with E-state index in [1.54, 1.807) is 16.0 Å². The molecule has 1 N–H and O–H groups in total. The highest BCUT2D eigenvalue weighted by molar-refractivity contribution is 7.20. The van der Waals surface area contributed by atoms with Gasteiger partial charge in [0, 0.05) is 17.9 Å². The minimum atomic E-state index is -0.122. The Morgan fingerprint density at radius 3 is 3.00 bits per heavy atom. The van der Waals surface area contributed by atoms with Crippen molar-refractivity contribution in [1.82, 2.24) is 14.8 Å². The first-order valence-corrected chi connectivity index (χ1v) is 10.8. The summed E-state index contributed by atoms with van der Waals surface area (Å²) < 4.78 is 8.43. The van der Waals surface area contributed by atoms with Crippen LogP contribution in [0, 0.1) is 26.2 Å². The molecule has 0 saturated carbocycles. The molecule has 4 aromatic rings. The minimum absolute atomic E-state index is 0.0504. The van der Waals surface area contributed by atoms with Crippen LogP contribution in [0.15, 0.2) is 42.5 Å². The van der Waals surface area contributed by atoms with Gasteiger partial charge in [-0.2, -0.15) is 9.78 Å². The number of thiazole rings is 1. The second kappa shape index (κ2) is 7.56. The van der Waals surface area contributed by atoms with E-state index in [-0.39, 0.29) is 18.4 Å². The van der Waals surface area contributed by atoms with E-state index >= 15 is 0 Å². The summed E-state index contributed by atoms with van der Waals surface area (Å²) >= 11 is 1.56. The van der Waals surface area contributed by atoms with Crippen LogP contribution in [-0.4, -0.2) is 27.3 Å². The number of aryl methyl sites for hydroxylation is 2. The first-order chi connectivity index (χ1) is 15.0. The number of carbonyl (C=O) groups excluding carboxylic acids is 1. The maximum Gasteiger partial charge on any atom is 0.226 e. The zero-order chi connectivity index (χ0) is 21.5. The van der Waals surface area contributed by atoms with Crippen molar-refractivity contribution in [2.45, 2.75) is 26.2 Å². The molecular formula is C24H20N4O2S. The number of terminal acetylenes is 1. The lowest BCUT2D eigenvalue weighted by Gasteiger charge is -2.24. The second-order valence-corrected chi connectivity index (χ2v) is 8.61. The van der Waals surface area contributed by atoms with Crippen molar-refractivity contribution in [1.29, 1.82) is 0 Å². The van der Waals surface area contributed by atoms with Crippen molar-refractivity contribution in [3.63, 3.8) is 0 Å². The van der Waals surface area contributed by atoms with Crippen LogP contribution in [-0.2, 0) is 4.79 Å². The number of rotatable bonds is 4. The van der Waals surface area contributed by atoms with E-state index in [2.05, 4.69) is 24.2 Å². The molecule has 0 bridgehead atoms. The van der Waals surface area contributed by atoms with Crippen molar-refractivity contribution < 1.29 is 9.53 Å². The van der Waals surface area contributed by atoms with Crippen LogP contribution in [0.2, 0.25) is 0 Å². The van der Waals surface area contributed by atoms with Gasteiger partial charge in [0.15, 0.2) is 0 Å². The molecule has 5 rings (SSSR count). The quantitative estimate of drug-likeness (QED) is 0.483. The fourth-order valence-electron chi connectivity index (χ4n) is 4.03. The van der Waals surface area contributed by atoms with Gasteiger partial charge < -0.3 is 10.1 Å². The highest BCUT2D eigenvalue weighted by Crippen LogP contribution is 2.41. The van der Waals surface area contributed by atoms with Gasteiger partial charge in [-0.25, -0.2) is 4.98 Å². The number of nitrogens with one attached hydrogen (secondary N) is 1. The predicted molar refractivity (Wildman–Crippen MR) is 122 cm³/mol. The summed E-state index contributed by atoms with van der Waals surface area (Å²) in [6, 6.07) is 13.9. The van der Waals surface area contributed by atoms with Gasteiger partial charge in [0.2, 0.25) is 11.0 Å². The number of carbonyl (C=O) groups is 1. The SMILES string of the molecule is C#CCOc1cccc([C@H]2CC(=O)Nc3c2c(C)nn3-c2nc3ccc(C)cc3s2)c1. The van der Waals surface area contributed by atoms with Crippen LogP contribution in [0.3, 0.4) is 0 Å².